The van der Waals surface area contributed by atoms with Gasteiger partial charge in [-0.1, -0.05) is 12.1 Å². The molecule has 0 N–H and O–H groups in total. The first-order valence-electron chi connectivity index (χ1n) is 7.93. The molecule has 8 heteroatoms. The molecule has 0 unspecified atom stereocenters. The molecule has 0 aliphatic carbocycles. The summed E-state index contributed by atoms with van der Waals surface area (Å²) in [5.41, 5.74) is 0.919. The standard InChI is InChI=1S/C16H25N3O4S/c1-17(2)24(21,22)19-10-4-9-18(11-12-19)16(20)13-14-5-7-15(23-3)8-6-14/h5-8H,4,9-13H2,1-3H3. The Hall–Kier alpha value is -1.64. The third kappa shape index (κ3) is 4.46. The largest absolute Gasteiger partial charge is 0.497 e. The van der Waals surface area contributed by atoms with E-state index in [0.29, 0.717) is 39.0 Å². The Morgan fingerprint density at radius 1 is 1.12 bits per heavy atom. The number of hydrogen-bond acceptors (Lipinski definition) is 4. The Kier molecular flexibility index (Phi) is 6.20. The lowest BCUT2D eigenvalue weighted by Crippen LogP contribution is -2.42. The summed E-state index contributed by atoms with van der Waals surface area (Å²) in [7, 11) is 1.22. The summed E-state index contributed by atoms with van der Waals surface area (Å²) in [6.07, 6.45) is 0.950. The average molecular weight is 355 g/mol. The molecule has 1 aromatic carbocycles. The monoisotopic (exact) mass is 355 g/mol. The number of amides is 1. The molecule has 0 atom stereocenters. The average Bonchev–Trinajstić information content (AvgIpc) is 2.82. The topological polar surface area (TPSA) is 70.2 Å². The minimum absolute atomic E-state index is 0.0178. The van der Waals surface area contributed by atoms with Gasteiger partial charge in [0.25, 0.3) is 10.2 Å². The van der Waals surface area contributed by atoms with E-state index in [0.717, 1.165) is 11.3 Å². The second kappa shape index (κ2) is 7.96. The van der Waals surface area contributed by atoms with Gasteiger partial charge in [0.2, 0.25) is 5.91 Å². The lowest BCUT2D eigenvalue weighted by atomic mass is 10.1. The van der Waals surface area contributed by atoms with Crippen molar-refractivity contribution in [3.63, 3.8) is 0 Å². The van der Waals surface area contributed by atoms with Crippen molar-refractivity contribution in [1.29, 1.82) is 0 Å². The predicted octanol–water partition coefficient (Wildman–Crippen LogP) is 0.578. The predicted molar refractivity (Wildman–Crippen MR) is 92.1 cm³/mol. The Labute approximate surface area is 144 Å². The van der Waals surface area contributed by atoms with Crippen molar-refractivity contribution in [1.82, 2.24) is 13.5 Å². The van der Waals surface area contributed by atoms with Crippen LogP contribution in [0.1, 0.15) is 12.0 Å². The van der Waals surface area contributed by atoms with Crippen LogP contribution in [0.2, 0.25) is 0 Å². The number of nitrogens with zero attached hydrogens (tertiary/aromatic N) is 3. The highest BCUT2D eigenvalue weighted by atomic mass is 32.2. The van der Waals surface area contributed by atoms with E-state index >= 15 is 0 Å². The zero-order valence-corrected chi connectivity index (χ0v) is 15.3. The van der Waals surface area contributed by atoms with Crippen LogP contribution < -0.4 is 4.74 Å². The molecule has 1 aromatic rings. The first kappa shape index (κ1) is 18.7. The molecule has 0 bridgehead atoms. The van der Waals surface area contributed by atoms with Gasteiger partial charge in [0, 0.05) is 40.3 Å². The molecule has 1 aliphatic heterocycles. The maximum atomic E-state index is 12.5. The Bertz CT molecular complexity index is 658. The van der Waals surface area contributed by atoms with Gasteiger partial charge in [-0.05, 0) is 24.1 Å². The summed E-state index contributed by atoms with van der Waals surface area (Å²) in [5.74, 6) is 0.773. The van der Waals surface area contributed by atoms with Gasteiger partial charge in [-0.3, -0.25) is 4.79 Å². The molecular weight excluding hydrogens is 330 g/mol. The van der Waals surface area contributed by atoms with Crippen LogP contribution >= 0.6 is 0 Å². The molecule has 0 radical (unpaired) electrons. The van der Waals surface area contributed by atoms with Gasteiger partial charge in [0.05, 0.1) is 13.5 Å². The summed E-state index contributed by atoms with van der Waals surface area (Å²) < 4.78 is 32.2. The Morgan fingerprint density at radius 2 is 1.79 bits per heavy atom. The van der Waals surface area contributed by atoms with Gasteiger partial charge in [0.15, 0.2) is 0 Å². The molecule has 7 nitrogen and oxygen atoms in total. The molecule has 0 aromatic heterocycles. The van der Waals surface area contributed by atoms with Crippen molar-refractivity contribution in [2.24, 2.45) is 0 Å². The van der Waals surface area contributed by atoms with E-state index in [9.17, 15) is 13.2 Å². The van der Waals surface area contributed by atoms with Gasteiger partial charge >= 0.3 is 0 Å². The zero-order chi connectivity index (χ0) is 17.7. The number of ether oxygens (including phenoxy) is 1. The molecule has 1 fully saturated rings. The van der Waals surface area contributed by atoms with E-state index < -0.39 is 10.2 Å². The van der Waals surface area contributed by atoms with Crippen LogP contribution in [-0.2, 0) is 21.4 Å². The lowest BCUT2D eigenvalue weighted by molar-refractivity contribution is -0.130. The quantitative estimate of drug-likeness (QED) is 0.775. The van der Waals surface area contributed by atoms with Crippen molar-refractivity contribution in [2.75, 3.05) is 47.4 Å². The highest BCUT2D eigenvalue weighted by Crippen LogP contribution is 2.14. The lowest BCUT2D eigenvalue weighted by Gasteiger charge is -2.24. The zero-order valence-electron chi connectivity index (χ0n) is 14.4. The summed E-state index contributed by atoms with van der Waals surface area (Å²) in [6.45, 7) is 1.76. The SMILES string of the molecule is COc1ccc(CC(=O)N2CCCN(S(=O)(=O)N(C)C)CC2)cc1. The van der Waals surface area contributed by atoms with E-state index in [1.165, 1.54) is 22.7 Å². The molecule has 1 saturated heterocycles. The number of rotatable bonds is 5. The highest BCUT2D eigenvalue weighted by Gasteiger charge is 2.28. The van der Waals surface area contributed by atoms with Crippen LogP contribution in [0.25, 0.3) is 0 Å². The normalized spacial score (nSPS) is 16.9. The second-order valence-electron chi connectivity index (χ2n) is 5.95. The van der Waals surface area contributed by atoms with Gasteiger partial charge in [0.1, 0.15) is 5.75 Å². The van der Waals surface area contributed by atoms with Crippen LogP contribution in [0.3, 0.4) is 0 Å². The summed E-state index contributed by atoms with van der Waals surface area (Å²) in [4.78, 5) is 14.2. The van der Waals surface area contributed by atoms with Crippen molar-refractivity contribution >= 4 is 16.1 Å². The van der Waals surface area contributed by atoms with Gasteiger partial charge in [-0.25, -0.2) is 0 Å². The van der Waals surface area contributed by atoms with Gasteiger partial charge in [-0.2, -0.15) is 17.0 Å². The van der Waals surface area contributed by atoms with Crippen LogP contribution in [0.5, 0.6) is 5.75 Å². The summed E-state index contributed by atoms with van der Waals surface area (Å²) in [6, 6.07) is 7.40. The molecule has 1 aliphatic rings. The van der Waals surface area contributed by atoms with E-state index in [-0.39, 0.29) is 5.91 Å². The fourth-order valence-electron chi connectivity index (χ4n) is 2.63. The number of carbonyl (C=O) groups excluding carboxylic acids is 1. The van der Waals surface area contributed by atoms with E-state index in [1.807, 2.05) is 24.3 Å². The van der Waals surface area contributed by atoms with Gasteiger partial charge < -0.3 is 9.64 Å². The maximum Gasteiger partial charge on any atom is 0.281 e. The van der Waals surface area contributed by atoms with Crippen molar-refractivity contribution in [3.8, 4) is 5.75 Å². The molecular formula is C16H25N3O4S. The first-order valence-corrected chi connectivity index (χ1v) is 9.32. The number of carbonyl (C=O) groups is 1. The van der Waals surface area contributed by atoms with Crippen LogP contribution in [0, 0.1) is 0 Å². The smallest absolute Gasteiger partial charge is 0.281 e. The molecule has 24 heavy (non-hydrogen) atoms. The fourth-order valence-corrected chi connectivity index (χ4v) is 3.77. The number of methoxy groups -OCH3 is 1. The molecule has 0 spiro atoms. The maximum absolute atomic E-state index is 12.5. The van der Waals surface area contributed by atoms with Crippen molar-refractivity contribution in [2.45, 2.75) is 12.8 Å². The Morgan fingerprint density at radius 3 is 2.38 bits per heavy atom. The van der Waals surface area contributed by atoms with E-state index in [4.69, 9.17) is 4.74 Å². The third-order valence-corrected chi connectivity index (χ3v) is 6.05. The minimum atomic E-state index is -3.42. The molecule has 0 saturated carbocycles. The summed E-state index contributed by atoms with van der Waals surface area (Å²) >= 11 is 0. The molecule has 2 rings (SSSR count). The highest BCUT2D eigenvalue weighted by molar-refractivity contribution is 7.86. The minimum Gasteiger partial charge on any atom is -0.497 e. The molecule has 1 heterocycles. The van der Waals surface area contributed by atoms with Crippen LogP contribution in [-0.4, -0.2) is 75.2 Å². The summed E-state index contributed by atoms with van der Waals surface area (Å²) in [5, 5.41) is 0. The van der Waals surface area contributed by atoms with Crippen molar-refractivity contribution in [3.05, 3.63) is 29.8 Å². The van der Waals surface area contributed by atoms with E-state index in [2.05, 4.69) is 0 Å². The van der Waals surface area contributed by atoms with E-state index in [1.54, 1.807) is 12.0 Å². The van der Waals surface area contributed by atoms with Crippen LogP contribution in [0.15, 0.2) is 24.3 Å². The number of hydrogen-bond donors (Lipinski definition) is 0. The first-order chi connectivity index (χ1) is 11.3. The number of benzene rings is 1. The van der Waals surface area contributed by atoms with Gasteiger partial charge in [-0.15, -0.1) is 0 Å². The molecule has 1 amide bonds. The van der Waals surface area contributed by atoms with Crippen molar-refractivity contribution < 1.29 is 17.9 Å². The molecule has 134 valence electrons. The van der Waals surface area contributed by atoms with Crippen LogP contribution in [0.4, 0.5) is 0 Å². The fraction of sp³-hybridized carbons (Fsp3) is 0.562. The Balaban J connectivity index is 1.96. The third-order valence-electron chi connectivity index (χ3n) is 4.11. The second-order valence-corrected chi connectivity index (χ2v) is 8.09.